The van der Waals surface area contributed by atoms with Crippen molar-refractivity contribution in [2.45, 2.75) is 45.1 Å². The number of aryl methyl sites for hydroxylation is 1. The highest BCUT2D eigenvalue weighted by Crippen LogP contribution is 2.31. The van der Waals surface area contributed by atoms with E-state index in [2.05, 4.69) is 22.2 Å². The zero-order chi connectivity index (χ0) is 13.9. The monoisotopic (exact) mass is 263 g/mol. The third-order valence-corrected chi connectivity index (χ3v) is 3.93. The number of hydrogen-bond donors (Lipinski definition) is 2. The molecule has 5 heteroatoms. The maximum Gasteiger partial charge on any atom is 0.271 e. The van der Waals surface area contributed by atoms with Gasteiger partial charge in [-0.1, -0.05) is 6.92 Å². The first kappa shape index (κ1) is 13.9. The van der Waals surface area contributed by atoms with E-state index in [1.54, 1.807) is 6.20 Å². The lowest BCUT2D eigenvalue weighted by Crippen LogP contribution is -2.53. The zero-order valence-electron chi connectivity index (χ0n) is 11.5. The van der Waals surface area contributed by atoms with Crippen LogP contribution in [-0.2, 0) is 0 Å². The van der Waals surface area contributed by atoms with Gasteiger partial charge in [-0.25, -0.2) is 4.98 Å². The molecule has 1 fully saturated rings. The molecule has 2 N–H and O–H groups in total. The second kappa shape index (κ2) is 5.65. The Labute approximate surface area is 113 Å². The molecule has 0 radical (unpaired) electrons. The van der Waals surface area contributed by atoms with Gasteiger partial charge in [0.25, 0.3) is 5.91 Å². The predicted octanol–water partition coefficient (Wildman–Crippen LogP) is 1.46. The molecule has 1 aromatic heterocycles. The summed E-state index contributed by atoms with van der Waals surface area (Å²) >= 11 is 0. The molecule has 1 aliphatic rings. The standard InChI is InChI=1S/C14H21N3O2/c1-10-3-5-14(9-18,6-4-10)17-13(19)12-8-15-11(2)7-16-12/h7-8,10,18H,3-6,9H2,1-2H3,(H,17,19). The van der Waals surface area contributed by atoms with Crippen LogP contribution in [0.1, 0.15) is 48.8 Å². The van der Waals surface area contributed by atoms with E-state index in [0.29, 0.717) is 11.6 Å². The molecule has 0 bridgehead atoms. The summed E-state index contributed by atoms with van der Waals surface area (Å²) in [6.07, 6.45) is 6.73. The van der Waals surface area contributed by atoms with Crippen LogP contribution in [-0.4, -0.2) is 33.1 Å². The van der Waals surface area contributed by atoms with E-state index in [9.17, 15) is 9.90 Å². The molecule has 1 saturated carbocycles. The van der Waals surface area contributed by atoms with Crippen LogP contribution in [0.15, 0.2) is 12.4 Å². The van der Waals surface area contributed by atoms with Crippen molar-refractivity contribution in [2.24, 2.45) is 5.92 Å². The molecule has 0 atom stereocenters. The minimum Gasteiger partial charge on any atom is -0.394 e. The van der Waals surface area contributed by atoms with E-state index < -0.39 is 5.54 Å². The summed E-state index contributed by atoms with van der Waals surface area (Å²) < 4.78 is 0. The van der Waals surface area contributed by atoms with E-state index >= 15 is 0 Å². The summed E-state index contributed by atoms with van der Waals surface area (Å²) in [7, 11) is 0. The third kappa shape index (κ3) is 3.29. The number of hydrogen-bond acceptors (Lipinski definition) is 4. The van der Waals surface area contributed by atoms with E-state index in [0.717, 1.165) is 31.4 Å². The summed E-state index contributed by atoms with van der Waals surface area (Å²) in [5.41, 5.74) is 0.591. The molecule has 104 valence electrons. The van der Waals surface area contributed by atoms with Gasteiger partial charge in [0.2, 0.25) is 0 Å². The lowest BCUT2D eigenvalue weighted by atomic mass is 9.77. The van der Waals surface area contributed by atoms with Crippen molar-refractivity contribution in [2.75, 3.05) is 6.61 Å². The van der Waals surface area contributed by atoms with Crippen LogP contribution >= 0.6 is 0 Å². The number of nitrogens with zero attached hydrogens (tertiary/aromatic N) is 2. The predicted molar refractivity (Wildman–Crippen MR) is 71.7 cm³/mol. The van der Waals surface area contributed by atoms with E-state index in [4.69, 9.17) is 0 Å². The average molecular weight is 263 g/mol. The van der Waals surface area contributed by atoms with Crippen LogP contribution in [0.25, 0.3) is 0 Å². The fourth-order valence-corrected chi connectivity index (χ4v) is 2.45. The van der Waals surface area contributed by atoms with Gasteiger partial charge in [0.05, 0.1) is 24.0 Å². The first-order valence-electron chi connectivity index (χ1n) is 6.77. The first-order valence-corrected chi connectivity index (χ1v) is 6.77. The molecule has 0 unspecified atom stereocenters. The minimum atomic E-state index is -0.490. The fraction of sp³-hybridized carbons (Fsp3) is 0.643. The molecular weight excluding hydrogens is 242 g/mol. The van der Waals surface area contributed by atoms with Gasteiger partial charge >= 0.3 is 0 Å². The van der Waals surface area contributed by atoms with Gasteiger partial charge in [0.1, 0.15) is 5.69 Å². The molecule has 1 aliphatic carbocycles. The van der Waals surface area contributed by atoms with Gasteiger partial charge in [-0.2, -0.15) is 0 Å². The summed E-state index contributed by atoms with van der Waals surface area (Å²) in [6.45, 7) is 4.01. The van der Waals surface area contributed by atoms with Crippen molar-refractivity contribution in [1.82, 2.24) is 15.3 Å². The smallest absolute Gasteiger partial charge is 0.271 e. The summed E-state index contributed by atoms with van der Waals surface area (Å²) in [4.78, 5) is 20.3. The lowest BCUT2D eigenvalue weighted by molar-refractivity contribution is 0.0712. The fourth-order valence-electron chi connectivity index (χ4n) is 2.45. The summed E-state index contributed by atoms with van der Waals surface area (Å²) in [6, 6.07) is 0. The topological polar surface area (TPSA) is 75.1 Å². The molecule has 1 heterocycles. The van der Waals surface area contributed by atoms with Crippen LogP contribution in [0.4, 0.5) is 0 Å². The molecule has 5 nitrogen and oxygen atoms in total. The molecule has 1 amide bonds. The number of amides is 1. The van der Waals surface area contributed by atoms with E-state index in [1.165, 1.54) is 6.20 Å². The largest absolute Gasteiger partial charge is 0.394 e. The van der Waals surface area contributed by atoms with Crippen molar-refractivity contribution in [3.05, 3.63) is 23.8 Å². The number of carbonyl (C=O) groups excluding carboxylic acids is 1. The highest BCUT2D eigenvalue weighted by Gasteiger charge is 2.35. The number of carbonyl (C=O) groups is 1. The normalized spacial score (nSPS) is 27.0. The number of nitrogens with one attached hydrogen (secondary N) is 1. The molecule has 0 aromatic carbocycles. The molecular formula is C14H21N3O2. The van der Waals surface area contributed by atoms with Crippen molar-refractivity contribution >= 4 is 5.91 Å². The lowest BCUT2D eigenvalue weighted by Gasteiger charge is -2.38. The highest BCUT2D eigenvalue weighted by atomic mass is 16.3. The van der Waals surface area contributed by atoms with Gasteiger partial charge in [0, 0.05) is 6.20 Å². The first-order chi connectivity index (χ1) is 9.04. The van der Waals surface area contributed by atoms with Gasteiger partial charge in [0.15, 0.2) is 0 Å². The molecule has 0 spiro atoms. The number of aliphatic hydroxyl groups excluding tert-OH is 1. The second-order valence-electron chi connectivity index (χ2n) is 5.62. The Balaban J connectivity index is 2.06. The maximum atomic E-state index is 12.1. The Morgan fingerprint density at radius 2 is 2.11 bits per heavy atom. The Kier molecular flexibility index (Phi) is 4.14. The Bertz CT molecular complexity index is 437. The number of aliphatic hydroxyl groups is 1. The molecule has 0 saturated heterocycles. The Morgan fingerprint density at radius 1 is 1.42 bits per heavy atom. The zero-order valence-corrected chi connectivity index (χ0v) is 11.5. The Hall–Kier alpha value is -1.49. The molecule has 1 aromatic rings. The van der Waals surface area contributed by atoms with Gasteiger partial charge < -0.3 is 10.4 Å². The summed E-state index contributed by atoms with van der Waals surface area (Å²) in [5, 5.41) is 12.6. The van der Waals surface area contributed by atoms with Crippen LogP contribution in [0, 0.1) is 12.8 Å². The van der Waals surface area contributed by atoms with Crippen LogP contribution in [0.2, 0.25) is 0 Å². The number of aromatic nitrogens is 2. The van der Waals surface area contributed by atoms with Crippen molar-refractivity contribution in [3.63, 3.8) is 0 Å². The molecule has 2 rings (SSSR count). The van der Waals surface area contributed by atoms with Gasteiger partial charge in [-0.3, -0.25) is 9.78 Å². The maximum absolute atomic E-state index is 12.1. The Morgan fingerprint density at radius 3 is 2.63 bits per heavy atom. The van der Waals surface area contributed by atoms with Crippen molar-refractivity contribution in [1.29, 1.82) is 0 Å². The summed E-state index contributed by atoms with van der Waals surface area (Å²) in [5.74, 6) is 0.409. The number of rotatable bonds is 3. The third-order valence-electron chi connectivity index (χ3n) is 3.93. The van der Waals surface area contributed by atoms with Crippen LogP contribution < -0.4 is 5.32 Å². The highest BCUT2D eigenvalue weighted by molar-refractivity contribution is 5.92. The van der Waals surface area contributed by atoms with Crippen molar-refractivity contribution < 1.29 is 9.90 Å². The second-order valence-corrected chi connectivity index (χ2v) is 5.62. The quantitative estimate of drug-likeness (QED) is 0.865. The van der Waals surface area contributed by atoms with Crippen LogP contribution in [0.5, 0.6) is 0 Å². The molecule has 0 aliphatic heterocycles. The average Bonchev–Trinajstić information content (AvgIpc) is 2.42. The van der Waals surface area contributed by atoms with Gasteiger partial charge in [-0.15, -0.1) is 0 Å². The van der Waals surface area contributed by atoms with Crippen LogP contribution in [0.3, 0.4) is 0 Å². The SMILES string of the molecule is Cc1cnc(C(=O)NC2(CO)CCC(C)CC2)cn1. The van der Waals surface area contributed by atoms with E-state index in [1.807, 2.05) is 6.92 Å². The minimum absolute atomic E-state index is 0.0231. The van der Waals surface area contributed by atoms with Gasteiger partial charge in [-0.05, 0) is 38.5 Å². The molecule has 19 heavy (non-hydrogen) atoms. The van der Waals surface area contributed by atoms with E-state index in [-0.39, 0.29) is 12.5 Å². The van der Waals surface area contributed by atoms with Crippen molar-refractivity contribution in [3.8, 4) is 0 Å².